The molecule has 164 valence electrons. The molecule has 2 aromatic rings. The number of aromatic nitrogens is 1. The van der Waals surface area contributed by atoms with Gasteiger partial charge < -0.3 is 9.29 Å². The first-order chi connectivity index (χ1) is 13.9. The van der Waals surface area contributed by atoms with Gasteiger partial charge in [0.2, 0.25) is 0 Å². The Bertz CT molecular complexity index is 880. The number of methoxy groups -OCH3 is 1. The van der Waals surface area contributed by atoms with Gasteiger partial charge in [0.25, 0.3) is 6.43 Å². The van der Waals surface area contributed by atoms with Crippen molar-refractivity contribution < 1.29 is 22.9 Å². The Morgan fingerprint density at radius 1 is 1.20 bits per heavy atom. The van der Waals surface area contributed by atoms with E-state index in [0.29, 0.717) is 5.56 Å². The van der Waals surface area contributed by atoms with Gasteiger partial charge >= 0.3 is 5.97 Å². The monoisotopic (exact) mass is 438 g/mol. The van der Waals surface area contributed by atoms with E-state index in [9.17, 15) is 18.1 Å². The topological polar surface area (TPSA) is 74.3 Å². The number of carbonyl (C=O) groups is 1. The first kappa shape index (κ1) is 24.2. The van der Waals surface area contributed by atoms with Gasteiger partial charge in [0.15, 0.2) is 0 Å². The Hall–Kier alpha value is -2.03. The standard InChI is InChI=1S/C22H28F2N2O3S/c1-13-8-7-9-14(2)20(13)15-10-16(25-18(11-15)21(23)24)17(12-19(27)29-6)26-30(28)22(3,4)5/h7-11,17,21,26H,12H2,1-6H3/t17-,30?/m0/s1. The molecule has 2 rings (SSSR count). The molecule has 1 unspecified atom stereocenters. The van der Waals surface area contributed by atoms with Gasteiger partial charge in [0.1, 0.15) is 16.5 Å². The molecule has 0 spiro atoms. The van der Waals surface area contributed by atoms with Crippen molar-refractivity contribution in [2.75, 3.05) is 7.11 Å². The number of ether oxygens (including phenoxy) is 1. The first-order valence-corrected chi connectivity index (χ1v) is 10.7. The largest absolute Gasteiger partial charge is 0.598 e. The number of pyridine rings is 1. The van der Waals surface area contributed by atoms with Crippen LogP contribution in [0.3, 0.4) is 0 Å². The van der Waals surface area contributed by atoms with Crippen LogP contribution in [0.25, 0.3) is 11.1 Å². The zero-order valence-electron chi connectivity index (χ0n) is 18.1. The number of benzene rings is 1. The molecule has 0 amide bonds. The maximum Gasteiger partial charge on any atom is 0.307 e. The fourth-order valence-corrected chi connectivity index (χ4v) is 3.86. The van der Waals surface area contributed by atoms with Crippen molar-refractivity contribution in [2.45, 2.75) is 58.3 Å². The predicted molar refractivity (Wildman–Crippen MR) is 115 cm³/mol. The maximum atomic E-state index is 13.7. The number of esters is 1. The summed E-state index contributed by atoms with van der Waals surface area (Å²) in [6.45, 7) is 9.13. The zero-order chi connectivity index (χ0) is 22.6. The highest BCUT2D eigenvalue weighted by Gasteiger charge is 2.32. The smallest absolute Gasteiger partial charge is 0.307 e. The number of nitrogens with one attached hydrogen (secondary N) is 1. The van der Waals surface area contributed by atoms with E-state index in [-0.39, 0.29) is 12.1 Å². The third-order valence-electron chi connectivity index (χ3n) is 4.62. The van der Waals surface area contributed by atoms with E-state index < -0.39 is 40.2 Å². The van der Waals surface area contributed by atoms with Gasteiger partial charge in [-0.25, -0.2) is 13.8 Å². The molecule has 1 heterocycles. The van der Waals surface area contributed by atoms with Gasteiger partial charge in [-0.3, -0.25) is 4.79 Å². The summed E-state index contributed by atoms with van der Waals surface area (Å²) in [6.07, 6.45) is -2.98. The van der Waals surface area contributed by atoms with Crippen LogP contribution in [0.5, 0.6) is 0 Å². The maximum absolute atomic E-state index is 13.7. The van der Waals surface area contributed by atoms with E-state index in [1.54, 1.807) is 26.8 Å². The van der Waals surface area contributed by atoms with Gasteiger partial charge in [-0.2, -0.15) is 0 Å². The van der Waals surface area contributed by atoms with Crippen LogP contribution in [0, 0.1) is 13.8 Å². The van der Waals surface area contributed by atoms with Crippen molar-refractivity contribution in [2.24, 2.45) is 0 Å². The molecule has 5 nitrogen and oxygen atoms in total. The van der Waals surface area contributed by atoms with Crippen molar-refractivity contribution in [3.05, 3.63) is 52.8 Å². The van der Waals surface area contributed by atoms with Crippen molar-refractivity contribution in [1.82, 2.24) is 9.71 Å². The minimum atomic E-state index is -2.79. The summed E-state index contributed by atoms with van der Waals surface area (Å²) in [7, 11) is 1.24. The lowest BCUT2D eigenvalue weighted by Crippen LogP contribution is -2.42. The Labute approximate surface area is 179 Å². The van der Waals surface area contributed by atoms with E-state index >= 15 is 0 Å². The van der Waals surface area contributed by atoms with Crippen LogP contribution in [-0.4, -0.2) is 27.4 Å². The Kier molecular flexibility index (Phi) is 7.96. The molecule has 0 aliphatic rings. The summed E-state index contributed by atoms with van der Waals surface area (Å²) in [5.74, 6) is -0.559. The molecule has 0 radical (unpaired) electrons. The van der Waals surface area contributed by atoms with Crippen LogP contribution >= 0.6 is 0 Å². The molecule has 0 fully saturated rings. The molecule has 8 heteroatoms. The minimum Gasteiger partial charge on any atom is -0.598 e. The number of carbonyl (C=O) groups excluding carboxylic acids is 1. The fraction of sp³-hybridized carbons (Fsp3) is 0.455. The predicted octanol–water partition coefficient (Wildman–Crippen LogP) is 4.96. The Morgan fingerprint density at radius 2 is 1.77 bits per heavy atom. The van der Waals surface area contributed by atoms with E-state index in [4.69, 9.17) is 4.74 Å². The molecular weight excluding hydrogens is 410 g/mol. The molecule has 30 heavy (non-hydrogen) atoms. The highest BCUT2D eigenvalue weighted by molar-refractivity contribution is 7.90. The number of alkyl halides is 2. The first-order valence-electron chi connectivity index (χ1n) is 9.55. The summed E-state index contributed by atoms with van der Waals surface area (Å²) >= 11 is -1.55. The lowest BCUT2D eigenvalue weighted by Gasteiger charge is -2.27. The fourth-order valence-electron chi connectivity index (χ4n) is 3.04. The van der Waals surface area contributed by atoms with Crippen LogP contribution in [0.15, 0.2) is 30.3 Å². The van der Waals surface area contributed by atoms with Crippen LogP contribution in [0.2, 0.25) is 0 Å². The normalized spacial score (nSPS) is 13.9. The second-order valence-corrected chi connectivity index (χ2v) is 10.1. The van der Waals surface area contributed by atoms with Gasteiger partial charge in [0, 0.05) is 11.4 Å². The molecule has 0 aliphatic carbocycles. The molecule has 0 aliphatic heterocycles. The molecule has 1 aromatic heterocycles. The summed E-state index contributed by atoms with van der Waals surface area (Å²) in [4.78, 5) is 16.1. The quantitative estimate of drug-likeness (QED) is 0.489. The third-order valence-corrected chi connectivity index (χ3v) is 6.23. The molecule has 0 saturated heterocycles. The van der Waals surface area contributed by atoms with Gasteiger partial charge in [-0.1, -0.05) is 18.2 Å². The van der Waals surface area contributed by atoms with E-state index in [0.717, 1.165) is 16.7 Å². The Morgan fingerprint density at radius 3 is 2.27 bits per heavy atom. The highest BCUT2D eigenvalue weighted by atomic mass is 32.2. The van der Waals surface area contributed by atoms with Crippen LogP contribution in [-0.2, 0) is 20.9 Å². The summed E-state index contributed by atoms with van der Waals surface area (Å²) in [5, 5.41) is 0. The SMILES string of the molecule is COC(=O)C[C@H](N[S+]([O-])C(C)(C)C)c1cc(-c2c(C)cccc2C)cc(C(F)F)n1. The summed E-state index contributed by atoms with van der Waals surface area (Å²) in [5.41, 5.74) is 3.09. The lowest BCUT2D eigenvalue weighted by atomic mass is 9.94. The summed E-state index contributed by atoms with van der Waals surface area (Å²) in [6, 6.07) is 7.89. The average Bonchev–Trinajstić information content (AvgIpc) is 2.66. The summed E-state index contributed by atoms with van der Waals surface area (Å²) < 4.78 is 47.0. The lowest BCUT2D eigenvalue weighted by molar-refractivity contribution is -0.141. The van der Waals surface area contributed by atoms with E-state index in [2.05, 4.69) is 9.71 Å². The van der Waals surface area contributed by atoms with Crippen molar-refractivity contribution in [1.29, 1.82) is 0 Å². The number of halogens is 2. The van der Waals surface area contributed by atoms with Gasteiger partial charge in [0.05, 0.1) is 19.2 Å². The average molecular weight is 439 g/mol. The molecular formula is C22H28F2N2O3S. The minimum absolute atomic E-state index is 0.190. The Balaban J connectivity index is 2.62. The molecule has 0 bridgehead atoms. The zero-order valence-corrected chi connectivity index (χ0v) is 18.9. The van der Waals surface area contributed by atoms with Crippen molar-refractivity contribution in [3.8, 4) is 11.1 Å². The number of hydrogen-bond acceptors (Lipinski definition) is 5. The van der Waals surface area contributed by atoms with Crippen molar-refractivity contribution >= 4 is 17.3 Å². The number of aryl methyl sites for hydroxylation is 2. The van der Waals surface area contributed by atoms with E-state index in [1.807, 2.05) is 32.0 Å². The van der Waals surface area contributed by atoms with Crippen LogP contribution in [0.4, 0.5) is 8.78 Å². The van der Waals surface area contributed by atoms with Crippen LogP contribution < -0.4 is 4.72 Å². The highest BCUT2D eigenvalue weighted by Crippen LogP contribution is 2.33. The second kappa shape index (κ2) is 9.85. The van der Waals surface area contributed by atoms with Crippen LogP contribution in [0.1, 0.15) is 62.2 Å². The van der Waals surface area contributed by atoms with Gasteiger partial charge in [-0.05, 0) is 69.0 Å². The molecule has 1 aromatic carbocycles. The third kappa shape index (κ3) is 6.00. The number of nitrogens with zero attached hydrogens (tertiary/aromatic N) is 1. The van der Waals surface area contributed by atoms with Gasteiger partial charge in [-0.15, -0.1) is 4.72 Å². The number of hydrogen-bond donors (Lipinski definition) is 1. The molecule has 2 atom stereocenters. The van der Waals surface area contributed by atoms with E-state index in [1.165, 1.54) is 13.2 Å². The second-order valence-electron chi connectivity index (χ2n) is 8.10. The number of rotatable bonds is 7. The molecule has 0 saturated carbocycles. The van der Waals surface area contributed by atoms with Crippen molar-refractivity contribution in [3.63, 3.8) is 0 Å². The molecule has 1 N–H and O–H groups in total.